The maximum Gasteiger partial charge on any atom is 0.142 e. The Morgan fingerprint density at radius 3 is 2.86 bits per heavy atom. The van der Waals surface area contributed by atoms with E-state index in [1.54, 1.807) is 24.5 Å². The lowest BCUT2D eigenvalue weighted by Crippen LogP contribution is -2.57. The number of piperidine rings is 1. The molecule has 2 aromatic heterocycles. The molecule has 0 aliphatic carbocycles. The van der Waals surface area contributed by atoms with Crippen LogP contribution < -0.4 is 15.0 Å². The van der Waals surface area contributed by atoms with Crippen LogP contribution in [0.5, 0.6) is 5.75 Å². The van der Waals surface area contributed by atoms with Gasteiger partial charge in [0.2, 0.25) is 0 Å². The fourth-order valence-electron chi connectivity index (χ4n) is 5.10. The average Bonchev–Trinajstić information content (AvgIpc) is 3.30. The molecule has 2 saturated heterocycles. The van der Waals surface area contributed by atoms with Crippen molar-refractivity contribution in [3.8, 4) is 28.3 Å². The van der Waals surface area contributed by atoms with Crippen molar-refractivity contribution in [2.75, 3.05) is 38.3 Å². The van der Waals surface area contributed by atoms with E-state index in [9.17, 15) is 8.78 Å². The molecular weight excluding hydrogens is 452 g/mol. The third-order valence-corrected chi connectivity index (χ3v) is 6.75. The lowest BCUT2D eigenvalue weighted by atomic mass is 9.96. The Balaban J connectivity index is 1.52. The highest BCUT2D eigenvalue weighted by molar-refractivity contribution is 5.91. The number of ether oxygens (including phenoxy) is 2. The third-order valence-electron chi connectivity index (χ3n) is 6.75. The van der Waals surface area contributed by atoms with Crippen LogP contribution >= 0.6 is 0 Å². The van der Waals surface area contributed by atoms with Gasteiger partial charge in [-0.15, -0.1) is 0 Å². The zero-order chi connectivity index (χ0) is 23.9. The van der Waals surface area contributed by atoms with Crippen molar-refractivity contribution in [3.05, 3.63) is 60.4 Å². The smallest absolute Gasteiger partial charge is 0.142 e. The molecule has 2 aromatic carbocycles. The number of hydrogen-bond donors (Lipinski definition) is 2. The standard InChI is InChI=1S/C26H25F2N5O2/c1-34-18-9-15(8-17(28)10-18)19-12-29-13-20(26-31-21-3-2-16(27)11-23(21)32-26)25(19)33-6-4-22-24(14-33)35-7-5-30-22/h2-3,8-13,22,24,30H,4-7,14H2,1H3,(H,31,32)/t22-,24?/m1/s1. The molecule has 0 amide bonds. The predicted molar refractivity (Wildman–Crippen MR) is 130 cm³/mol. The summed E-state index contributed by atoms with van der Waals surface area (Å²) in [5.74, 6) is 0.265. The van der Waals surface area contributed by atoms with Gasteiger partial charge in [0, 0.05) is 49.7 Å². The van der Waals surface area contributed by atoms with Crippen LogP contribution in [0.15, 0.2) is 48.8 Å². The van der Waals surface area contributed by atoms with Crippen LogP contribution in [0.25, 0.3) is 33.5 Å². The summed E-state index contributed by atoms with van der Waals surface area (Å²) in [5.41, 5.74) is 4.29. The predicted octanol–water partition coefficient (Wildman–Crippen LogP) is 4.15. The maximum atomic E-state index is 14.5. The first-order valence-corrected chi connectivity index (χ1v) is 11.7. The molecule has 35 heavy (non-hydrogen) atoms. The number of H-pyrrole nitrogens is 1. The molecule has 9 heteroatoms. The van der Waals surface area contributed by atoms with Crippen LogP contribution in [0.4, 0.5) is 14.5 Å². The summed E-state index contributed by atoms with van der Waals surface area (Å²) in [6.07, 6.45) is 4.43. The highest BCUT2D eigenvalue weighted by atomic mass is 19.1. The first-order chi connectivity index (χ1) is 17.1. The summed E-state index contributed by atoms with van der Waals surface area (Å²) in [6.45, 7) is 2.97. The summed E-state index contributed by atoms with van der Waals surface area (Å²) >= 11 is 0. The number of imidazole rings is 1. The van der Waals surface area contributed by atoms with Crippen LogP contribution in [0, 0.1) is 11.6 Å². The van der Waals surface area contributed by atoms with Gasteiger partial charge >= 0.3 is 0 Å². The highest BCUT2D eigenvalue weighted by Gasteiger charge is 2.34. The topological polar surface area (TPSA) is 75.3 Å². The number of methoxy groups -OCH3 is 1. The van der Waals surface area contributed by atoms with E-state index in [0.717, 1.165) is 36.3 Å². The normalized spacial score (nSPS) is 20.1. The van der Waals surface area contributed by atoms with Gasteiger partial charge in [-0.05, 0) is 42.3 Å². The number of aromatic amines is 1. The van der Waals surface area contributed by atoms with E-state index in [4.69, 9.17) is 14.5 Å². The number of fused-ring (bicyclic) bond motifs is 2. The minimum absolute atomic E-state index is 0.0400. The molecule has 0 radical (unpaired) electrons. The second-order valence-corrected chi connectivity index (χ2v) is 8.91. The lowest BCUT2D eigenvalue weighted by molar-refractivity contribution is -0.00899. The number of benzene rings is 2. The summed E-state index contributed by atoms with van der Waals surface area (Å²) in [6, 6.07) is 9.39. The molecule has 7 nitrogen and oxygen atoms in total. The second-order valence-electron chi connectivity index (χ2n) is 8.91. The first kappa shape index (κ1) is 21.9. The van der Waals surface area contributed by atoms with Gasteiger partial charge < -0.3 is 24.7 Å². The Morgan fingerprint density at radius 2 is 1.97 bits per heavy atom. The van der Waals surface area contributed by atoms with Crippen molar-refractivity contribution in [2.24, 2.45) is 0 Å². The van der Waals surface area contributed by atoms with Crippen molar-refractivity contribution in [1.29, 1.82) is 0 Å². The van der Waals surface area contributed by atoms with Crippen molar-refractivity contribution >= 4 is 16.7 Å². The number of hydrogen-bond acceptors (Lipinski definition) is 6. The summed E-state index contributed by atoms with van der Waals surface area (Å²) in [7, 11) is 1.51. The molecule has 2 fully saturated rings. The number of nitrogens with one attached hydrogen (secondary N) is 2. The quantitative estimate of drug-likeness (QED) is 0.460. The minimum Gasteiger partial charge on any atom is -0.497 e. The van der Waals surface area contributed by atoms with E-state index in [0.29, 0.717) is 47.4 Å². The van der Waals surface area contributed by atoms with Crippen LogP contribution in [0.1, 0.15) is 6.42 Å². The van der Waals surface area contributed by atoms with Crippen LogP contribution in [0.2, 0.25) is 0 Å². The molecule has 2 aliphatic rings. The molecule has 1 unspecified atom stereocenters. The van der Waals surface area contributed by atoms with Crippen molar-refractivity contribution in [1.82, 2.24) is 20.3 Å². The molecule has 4 aromatic rings. The van der Waals surface area contributed by atoms with Gasteiger partial charge in [0.1, 0.15) is 23.2 Å². The van der Waals surface area contributed by atoms with Gasteiger partial charge in [-0.1, -0.05) is 0 Å². The molecule has 4 heterocycles. The summed E-state index contributed by atoms with van der Waals surface area (Å²) in [5, 5.41) is 3.55. The Hall–Kier alpha value is -3.56. The van der Waals surface area contributed by atoms with Gasteiger partial charge in [-0.3, -0.25) is 4.98 Å². The number of pyridine rings is 1. The molecule has 0 spiro atoms. The first-order valence-electron chi connectivity index (χ1n) is 11.7. The van der Waals surface area contributed by atoms with Gasteiger partial charge in [0.05, 0.1) is 42.1 Å². The highest BCUT2D eigenvalue weighted by Crippen LogP contribution is 2.41. The molecule has 2 atom stereocenters. The Morgan fingerprint density at radius 1 is 1.09 bits per heavy atom. The van der Waals surface area contributed by atoms with Crippen LogP contribution in [0.3, 0.4) is 0 Å². The van der Waals surface area contributed by atoms with E-state index in [1.807, 2.05) is 0 Å². The fraction of sp³-hybridized carbons (Fsp3) is 0.308. The molecule has 2 N–H and O–H groups in total. The Labute approximate surface area is 201 Å². The summed E-state index contributed by atoms with van der Waals surface area (Å²) < 4.78 is 39.7. The third kappa shape index (κ3) is 4.11. The molecule has 0 saturated carbocycles. The van der Waals surface area contributed by atoms with E-state index < -0.39 is 5.82 Å². The number of aromatic nitrogens is 3. The van der Waals surface area contributed by atoms with Crippen molar-refractivity contribution in [2.45, 2.75) is 18.6 Å². The molecule has 180 valence electrons. The van der Waals surface area contributed by atoms with Crippen molar-refractivity contribution in [3.63, 3.8) is 0 Å². The van der Waals surface area contributed by atoms with Gasteiger partial charge in [0.25, 0.3) is 0 Å². The van der Waals surface area contributed by atoms with Gasteiger partial charge in [0.15, 0.2) is 0 Å². The molecule has 6 rings (SSSR count). The monoisotopic (exact) mass is 477 g/mol. The van der Waals surface area contributed by atoms with E-state index >= 15 is 0 Å². The second kappa shape index (κ2) is 8.90. The number of morpholine rings is 1. The largest absolute Gasteiger partial charge is 0.497 e. The Kier molecular flexibility index (Phi) is 5.58. The number of rotatable bonds is 4. The van der Waals surface area contributed by atoms with Crippen LogP contribution in [-0.4, -0.2) is 60.4 Å². The van der Waals surface area contributed by atoms with Gasteiger partial charge in [-0.2, -0.15) is 0 Å². The maximum absolute atomic E-state index is 14.5. The zero-order valence-electron chi connectivity index (χ0n) is 19.2. The summed E-state index contributed by atoms with van der Waals surface area (Å²) in [4.78, 5) is 14.7. The van der Waals surface area contributed by atoms with E-state index in [2.05, 4.69) is 20.2 Å². The number of nitrogens with zero attached hydrogens (tertiary/aromatic N) is 3. The van der Waals surface area contributed by atoms with Crippen molar-refractivity contribution < 1.29 is 18.3 Å². The van der Waals surface area contributed by atoms with Crippen LogP contribution in [-0.2, 0) is 4.74 Å². The van der Waals surface area contributed by atoms with Gasteiger partial charge in [-0.25, -0.2) is 13.8 Å². The van der Waals surface area contributed by atoms with E-state index in [1.165, 1.54) is 31.4 Å². The number of halogens is 2. The fourth-order valence-corrected chi connectivity index (χ4v) is 5.10. The zero-order valence-corrected chi connectivity index (χ0v) is 19.2. The SMILES string of the molecule is COc1cc(F)cc(-c2cncc(-c3nc4ccc(F)cc4[nH]3)c2N2CC[C@H]3NCCOC3C2)c1. The molecular formula is C26H25F2N5O2. The molecule has 0 bridgehead atoms. The number of anilines is 1. The average molecular weight is 478 g/mol. The molecule has 2 aliphatic heterocycles. The lowest BCUT2D eigenvalue weighted by Gasteiger charge is -2.43. The Bertz CT molecular complexity index is 1390. The van der Waals surface area contributed by atoms with E-state index in [-0.39, 0.29) is 11.9 Å². The minimum atomic E-state index is -0.395.